The van der Waals surface area contributed by atoms with E-state index in [1.54, 1.807) is 0 Å². The normalized spacial score (nSPS) is 12.3. The van der Waals surface area contributed by atoms with E-state index in [-0.39, 0.29) is 0 Å². The fraction of sp³-hybridized carbons (Fsp3) is 0.455. The van der Waals surface area contributed by atoms with Crippen molar-refractivity contribution < 1.29 is 18.3 Å². The first-order valence-electron chi connectivity index (χ1n) is 9.37. The van der Waals surface area contributed by atoms with Crippen LogP contribution in [0.5, 0.6) is 0 Å². The minimum Gasteiger partial charge on any atom is -0.388 e. The van der Waals surface area contributed by atoms with E-state index in [1.807, 2.05) is 38.1 Å². The van der Waals surface area contributed by atoms with Crippen LogP contribution in [0.3, 0.4) is 0 Å². The third-order valence-electron chi connectivity index (χ3n) is 4.17. The molecule has 2 aromatic rings. The van der Waals surface area contributed by atoms with Crippen molar-refractivity contribution in [2.45, 2.75) is 65.2 Å². The van der Waals surface area contributed by atoms with E-state index in [4.69, 9.17) is 0 Å². The molecule has 26 heavy (non-hydrogen) atoms. The minimum atomic E-state index is -4.32. The SMILES string of the molecule is CC.CCCCCCC(O)c1ccc(-c2ccc(C(F)(F)F)cc2)cc1. The van der Waals surface area contributed by atoms with Gasteiger partial charge in [0.2, 0.25) is 0 Å². The molecule has 0 aliphatic carbocycles. The predicted octanol–water partition coefficient (Wildman–Crippen LogP) is 7.40. The summed E-state index contributed by atoms with van der Waals surface area (Å²) in [6.07, 6.45) is 0.400. The highest BCUT2D eigenvalue weighted by molar-refractivity contribution is 5.64. The molecule has 0 bridgehead atoms. The van der Waals surface area contributed by atoms with Crippen LogP contribution in [0.15, 0.2) is 48.5 Å². The van der Waals surface area contributed by atoms with Crippen LogP contribution in [-0.2, 0) is 6.18 Å². The predicted molar refractivity (Wildman–Crippen MR) is 102 cm³/mol. The summed E-state index contributed by atoms with van der Waals surface area (Å²) in [5, 5.41) is 10.2. The van der Waals surface area contributed by atoms with E-state index in [0.717, 1.165) is 54.5 Å². The number of hydrogen-bond acceptors (Lipinski definition) is 1. The van der Waals surface area contributed by atoms with Gasteiger partial charge in [0.25, 0.3) is 0 Å². The molecule has 0 aromatic heterocycles. The monoisotopic (exact) mass is 366 g/mol. The Morgan fingerprint density at radius 2 is 1.31 bits per heavy atom. The van der Waals surface area contributed by atoms with Crippen molar-refractivity contribution in [3.8, 4) is 11.1 Å². The average molecular weight is 366 g/mol. The van der Waals surface area contributed by atoms with Crippen LogP contribution in [0.25, 0.3) is 11.1 Å². The number of aliphatic hydroxyl groups excluding tert-OH is 1. The topological polar surface area (TPSA) is 20.2 Å². The van der Waals surface area contributed by atoms with Crippen molar-refractivity contribution in [3.05, 3.63) is 59.7 Å². The summed E-state index contributed by atoms with van der Waals surface area (Å²) < 4.78 is 37.8. The number of alkyl halides is 3. The molecule has 1 unspecified atom stereocenters. The molecular weight excluding hydrogens is 337 g/mol. The maximum Gasteiger partial charge on any atom is 0.416 e. The molecule has 1 N–H and O–H groups in total. The third kappa shape index (κ3) is 6.83. The quantitative estimate of drug-likeness (QED) is 0.506. The summed E-state index contributed by atoms with van der Waals surface area (Å²) >= 11 is 0. The Hall–Kier alpha value is -1.81. The summed E-state index contributed by atoms with van der Waals surface area (Å²) in [6, 6.07) is 12.5. The highest BCUT2D eigenvalue weighted by Crippen LogP contribution is 2.31. The van der Waals surface area contributed by atoms with Gasteiger partial charge in [0.15, 0.2) is 0 Å². The molecule has 2 aromatic carbocycles. The minimum absolute atomic E-state index is 0.483. The van der Waals surface area contributed by atoms with Crippen molar-refractivity contribution in [2.24, 2.45) is 0 Å². The molecule has 0 aliphatic heterocycles. The van der Waals surface area contributed by atoms with Crippen LogP contribution in [0.4, 0.5) is 13.2 Å². The molecule has 0 radical (unpaired) electrons. The molecular formula is C22H29F3O. The first-order chi connectivity index (χ1) is 12.4. The van der Waals surface area contributed by atoms with Gasteiger partial charge >= 0.3 is 6.18 Å². The lowest BCUT2D eigenvalue weighted by molar-refractivity contribution is -0.137. The molecule has 0 saturated heterocycles. The zero-order valence-electron chi connectivity index (χ0n) is 15.8. The van der Waals surface area contributed by atoms with Gasteiger partial charge in [-0.3, -0.25) is 0 Å². The Bertz CT molecular complexity index is 615. The van der Waals surface area contributed by atoms with Gasteiger partial charge in [0.05, 0.1) is 11.7 Å². The molecule has 4 heteroatoms. The molecule has 0 spiro atoms. The van der Waals surface area contributed by atoms with E-state index < -0.39 is 17.8 Å². The number of halogens is 3. The Morgan fingerprint density at radius 3 is 1.77 bits per heavy atom. The zero-order valence-corrected chi connectivity index (χ0v) is 15.8. The highest BCUT2D eigenvalue weighted by atomic mass is 19.4. The van der Waals surface area contributed by atoms with Crippen molar-refractivity contribution >= 4 is 0 Å². The summed E-state index contributed by atoms with van der Waals surface area (Å²) in [5.41, 5.74) is 1.77. The van der Waals surface area contributed by atoms with Gasteiger partial charge < -0.3 is 5.11 Å². The van der Waals surface area contributed by atoms with E-state index in [2.05, 4.69) is 6.92 Å². The number of rotatable bonds is 7. The van der Waals surface area contributed by atoms with Gasteiger partial charge in [-0.2, -0.15) is 13.2 Å². The van der Waals surface area contributed by atoms with Crippen LogP contribution in [0.2, 0.25) is 0 Å². The number of hydrogen-bond donors (Lipinski definition) is 1. The maximum absolute atomic E-state index is 12.6. The van der Waals surface area contributed by atoms with Crippen LogP contribution in [0.1, 0.15) is 70.1 Å². The summed E-state index contributed by atoms with van der Waals surface area (Å²) in [7, 11) is 0. The van der Waals surface area contributed by atoms with Crippen molar-refractivity contribution in [2.75, 3.05) is 0 Å². The van der Waals surface area contributed by atoms with Gasteiger partial charge in [-0.1, -0.05) is 82.9 Å². The Labute approximate surface area is 154 Å². The number of aliphatic hydroxyl groups is 1. The molecule has 2 rings (SSSR count). The second kappa shape index (κ2) is 11.0. The highest BCUT2D eigenvalue weighted by Gasteiger charge is 2.29. The first kappa shape index (κ1) is 22.2. The average Bonchev–Trinajstić information content (AvgIpc) is 2.66. The van der Waals surface area contributed by atoms with Gasteiger partial charge in [0.1, 0.15) is 0 Å². The van der Waals surface area contributed by atoms with Crippen molar-refractivity contribution in [3.63, 3.8) is 0 Å². The van der Waals surface area contributed by atoms with E-state index in [9.17, 15) is 18.3 Å². The van der Waals surface area contributed by atoms with Crippen LogP contribution >= 0.6 is 0 Å². The Morgan fingerprint density at radius 1 is 0.808 bits per heavy atom. The zero-order chi connectivity index (χ0) is 19.6. The summed E-state index contributed by atoms with van der Waals surface area (Å²) in [4.78, 5) is 0. The standard InChI is InChI=1S/C20H23F3O.C2H6/c1-2-3-4-5-6-19(24)17-9-7-15(8-10-17)16-11-13-18(14-12-16)20(21,22)23;1-2/h7-14,19,24H,2-6H2,1H3;1-2H3. The molecule has 0 aliphatic rings. The fourth-order valence-corrected chi connectivity index (χ4v) is 2.68. The second-order valence-corrected chi connectivity index (χ2v) is 6.06. The molecule has 0 amide bonds. The molecule has 0 heterocycles. The van der Waals surface area contributed by atoms with Crippen molar-refractivity contribution in [1.82, 2.24) is 0 Å². The third-order valence-corrected chi connectivity index (χ3v) is 4.17. The summed E-state index contributed by atoms with van der Waals surface area (Å²) in [5.74, 6) is 0. The van der Waals surface area contributed by atoms with Gasteiger partial charge in [-0.15, -0.1) is 0 Å². The molecule has 1 nitrogen and oxygen atoms in total. The Kier molecular flexibility index (Phi) is 9.42. The van der Waals surface area contributed by atoms with Gasteiger partial charge in [0, 0.05) is 0 Å². The van der Waals surface area contributed by atoms with E-state index >= 15 is 0 Å². The Balaban J connectivity index is 0.00000163. The van der Waals surface area contributed by atoms with Gasteiger partial charge in [-0.05, 0) is 35.2 Å². The molecule has 0 saturated carbocycles. The number of unbranched alkanes of at least 4 members (excludes halogenated alkanes) is 3. The first-order valence-corrected chi connectivity index (χ1v) is 9.37. The second-order valence-electron chi connectivity index (χ2n) is 6.06. The van der Waals surface area contributed by atoms with Crippen molar-refractivity contribution in [1.29, 1.82) is 0 Å². The lowest BCUT2D eigenvalue weighted by atomic mass is 9.98. The van der Waals surface area contributed by atoms with E-state index in [0.29, 0.717) is 0 Å². The van der Waals surface area contributed by atoms with Crippen LogP contribution < -0.4 is 0 Å². The molecule has 1 atom stereocenters. The molecule has 144 valence electrons. The molecule has 0 fully saturated rings. The smallest absolute Gasteiger partial charge is 0.388 e. The van der Waals surface area contributed by atoms with Crippen LogP contribution in [-0.4, -0.2) is 5.11 Å². The van der Waals surface area contributed by atoms with E-state index in [1.165, 1.54) is 18.6 Å². The largest absolute Gasteiger partial charge is 0.416 e. The number of benzene rings is 2. The van der Waals surface area contributed by atoms with Crippen LogP contribution in [0, 0.1) is 0 Å². The maximum atomic E-state index is 12.6. The fourth-order valence-electron chi connectivity index (χ4n) is 2.68. The lowest BCUT2D eigenvalue weighted by Crippen LogP contribution is -2.04. The lowest BCUT2D eigenvalue weighted by Gasteiger charge is -2.12. The van der Waals surface area contributed by atoms with Gasteiger partial charge in [-0.25, -0.2) is 0 Å². The summed E-state index contributed by atoms with van der Waals surface area (Å²) in [6.45, 7) is 6.15.